The van der Waals surface area contributed by atoms with Crippen LogP contribution in [0.1, 0.15) is 16.7 Å². The maximum Gasteiger partial charge on any atom is 0.298 e. The minimum absolute atomic E-state index is 0.0163. The maximum atomic E-state index is 13.1. The maximum absolute atomic E-state index is 13.1. The molecule has 0 bridgehead atoms. The molecular formula is C24H19N3O4. The second kappa shape index (κ2) is 8.54. The Hall–Kier alpha value is -4.39. The van der Waals surface area contributed by atoms with Crippen LogP contribution < -0.4 is 4.74 Å². The zero-order chi connectivity index (χ0) is 21.8. The van der Waals surface area contributed by atoms with E-state index in [1.54, 1.807) is 42.5 Å². The lowest BCUT2D eigenvalue weighted by Crippen LogP contribution is -2.27. The van der Waals surface area contributed by atoms with Gasteiger partial charge in [-0.05, 0) is 47.5 Å². The summed E-state index contributed by atoms with van der Waals surface area (Å²) in [6, 6.07) is 20.5. The van der Waals surface area contributed by atoms with E-state index in [9.17, 15) is 15.0 Å². The fourth-order valence-corrected chi connectivity index (χ4v) is 3.02. The van der Waals surface area contributed by atoms with Crippen molar-refractivity contribution in [2.75, 3.05) is 7.11 Å². The molecule has 1 heterocycles. The van der Waals surface area contributed by atoms with Crippen molar-refractivity contribution < 1.29 is 19.7 Å². The number of carbonyl (C=O) groups is 1. The molecule has 0 saturated carbocycles. The van der Waals surface area contributed by atoms with Crippen molar-refractivity contribution in [3.63, 3.8) is 0 Å². The van der Waals surface area contributed by atoms with Crippen molar-refractivity contribution >= 4 is 24.0 Å². The summed E-state index contributed by atoms with van der Waals surface area (Å²) in [5.41, 5.74) is 2.34. The Balaban J connectivity index is 1.71. The third-order valence-corrected chi connectivity index (χ3v) is 4.59. The molecule has 0 aromatic heterocycles. The molecule has 0 atom stereocenters. The number of rotatable bonds is 5. The van der Waals surface area contributed by atoms with Crippen molar-refractivity contribution in [1.29, 1.82) is 0 Å². The highest BCUT2D eigenvalue weighted by Gasteiger charge is 2.31. The smallest absolute Gasteiger partial charge is 0.298 e. The van der Waals surface area contributed by atoms with Crippen molar-refractivity contribution in [2.45, 2.75) is 0 Å². The van der Waals surface area contributed by atoms with Crippen LogP contribution in [-0.4, -0.2) is 40.3 Å². The minimum atomic E-state index is -0.381. The van der Waals surface area contributed by atoms with Gasteiger partial charge in [0.05, 0.1) is 13.3 Å². The number of carbonyl (C=O) groups excluding carboxylic acids is 1. The third-order valence-electron chi connectivity index (χ3n) is 4.59. The summed E-state index contributed by atoms with van der Waals surface area (Å²) in [5, 5.41) is 24.8. The third kappa shape index (κ3) is 4.30. The summed E-state index contributed by atoms with van der Waals surface area (Å²) < 4.78 is 5.12. The van der Waals surface area contributed by atoms with E-state index >= 15 is 0 Å². The Morgan fingerprint density at radius 1 is 0.968 bits per heavy atom. The Morgan fingerprint density at radius 3 is 2.39 bits per heavy atom. The van der Waals surface area contributed by atoms with Gasteiger partial charge in [-0.3, -0.25) is 4.79 Å². The quantitative estimate of drug-likeness (QED) is 0.492. The number of methoxy groups -OCH3 is 1. The molecule has 0 aliphatic carbocycles. The van der Waals surface area contributed by atoms with Gasteiger partial charge in [-0.25, -0.2) is 4.99 Å². The molecule has 1 aliphatic rings. The van der Waals surface area contributed by atoms with Crippen molar-refractivity contribution in [2.24, 2.45) is 10.1 Å². The van der Waals surface area contributed by atoms with Crippen LogP contribution in [0.4, 0.5) is 0 Å². The van der Waals surface area contributed by atoms with Crippen LogP contribution in [0.5, 0.6) is 17.2 Å². The Morgan fingerprint density at radius 2 is 1.68 bits per heavy atom. The van der Waals surface area contributed by atoms with Gasteiger partial charge in [0.25, 0.3) is 5.91 Å². The molecule has 7 nitrogen and oxygen atoms in total. The zero-order valence-electron chi connectivity index (χ0n) is 16.6. The average Bonchev–Trinajstić information content (AvgIpc) is 3.10. The molecule has 0 fully saturated rings. The van der Waals surface area contributed by atoms with Gasteiger partial charge in [0.1, 0.15) is 11.4 Å². The number of hydrogen-bond donors (Lipinski definition) is 2. The molecule has 2 N–H and O–H groups in total. The number of amidine groups is 1. The second-order valence-corrected chi connectivity index (χ2v) is 6.72. The fraction of sp³-hybridized carbons (Fsp3) is 0.0417. The number of ether oxygens (including phenoxy) is 1. The number of phenolic OH excluding ortho intramolecular Hbond substituents is 2. The van der Waals surface area contributed by atoms with Crippen LogP contribution in [0.25, 0.3) is 6.08 Å². The lowest BCUT2D eigenvalue weighted by molar-refractivity contribution is -0.122. The van der Waals surface area contributed by atoms with Gasteiger partial charge in [0, 0.05) is 5.56 Å². The summed E-state index contributed by atoms with van der Waals surface area (Å²) in [6.45, 7) is 0. The van der Waals surface area contributed by atoms with E-state index in [0.717, 1.165) is 11.1 Å². The molecule has 154 valence electrons. The van der Waals surface area contributed by atoms with Crippen LogP contribution in [0.2, 0.25) is 0 Å². The van der Waals surface area contributed by atoms with E-state index in [1.807, 2.05) is 30.3 Å². The topological polar surface area (TPSA) is 94.7 Å². The van der Waals surface area contributed by atoms with E-state index in [0.29, 0.717) is 17.1 Å². The van der Waals surface area contributed by atoms with Gasteiger partial charge in [-0.1, -0.05) is 42.5 Å². The number of amides is 1. The molecule has 1 aliphatic heterocycles. The average molecular weight is 413 g/mol. The highest BCUT2D eigenvalue weighted by Crippen LogP contribution is 2.26. The zero-order valence-corrected chi connectivity index (χ0v) is 16.6. The van der Waals surface area contributed by atoms with E-state index in [2.05, 4.69) is 10.1 Å². The molecule has 7 heteroatoms. The first-order valence-corrected chi connectivity index (χ1v) is 9.45. The number of benzene rings is 3. The lowest BCUT2D eigenvalue weighted by Gasteiger charge is -2.12. The predicted octanol–water partition coefficient (Wildman–Crippen LogP) is 3.77. The molecule has 3 aromatic carbocycles. The summed E-state index contributed by atoms with van der Waals surface area (Å²) in [4.78, 5) is 17.6. The summed E-state index contributed by atoms with van der Waals surface area (Å²) >= 11 is 0. The van der Waals surface area contributed by atoms with Crippen LogP contribution in [-0.2, 0) is 4.79 Å². The molecule has 1 amide bonds. The van der Waals surface area contributed by atoms with Crippen LogP contribution >= 0.6 is 0 Å². The predicted molar refractivity (Wildman–Crippen MR) is 118 cm³/mol. The van der Waals surface area contributed by atoms with Gasteiger partial charge in [-0.2, -0.15) is 10.1 Å². The van der Waals surface area contributed by atoms with Crippen LogP contribution in [0.15, 0.2) is 88.6 Å². The standard InChI is InChI=1S/C24H19N3O4/c1-31-22-14-17(9-12-21(22)29)15-25-27-23(18-5-3-2-4-6-18)26-20(24(27)30)13-16-7-10-19(28)11-8-16/h2-15,28-29H,1H3. The molecular weight excluding hydrogens is 394 g/mol. The molecule has 0 radical (unpaired) electrons. The molecule has 3 aromatic rings. The van der Waals surface area contributed by atoms with Gasteiger partial charge >= 0.3 is 0 Å². The summed E-state index contributed by atoms with van der Waals surface area (Å²) in [5.74, 6) is 0.486. The monoisotopic (exact) mass is 413 g/mol. The number of hydrazone groups is 1. The first kappa shape index (κ1) is 19.9. The Labute approximate surface area is 178 Å². The SMILES string of the molecule is COc1cc(C=NN2C(=O)C(=Cc3ccc(O)cc3)N=C2c2ccccc2)ccc1O. The molecule has 4 rings (SSSR count). The Kier molecular flexibility index (Phi) is 5.49. The number of aliphatic imine (C=N–C) groups is 1. The number of hydrogen-bond acceptors (Lipinski definition) is 6. The van der Waals surface area contributed by atoms with Gasteiger partial charge < -0.3 is 14.9 Å². The van der Waals surface area contributed by atoms with Crippen molar-refractivity contribution in [3.8, 4) is 17.2 Å². The van der Waals surface area contributed by atoms with E-state index < -0.39 is 0 Å². The second-order valence-electron chi connectivity index (χ2n) is 6.72. The first-order valence-electron chi connectivity index (χ1n) is 9.45. The van der Waals surface area contributed by atoms with Crippen LogP contribution in [0.3, 0.4) is 0 Å². The fourth-order valence-electron chi connectivity index (χ4n) is 3.02. The molecule has 0 spiro atoms. The lowest BCUT2D eigenvalue weighted by atomic mass is 10.2. The summed E-state index contributed by atoms with van der Waals surface area (Å²) in [6.07, 6.45) is 3.14. The van der Waals surface area contributed by atoms with Crippen molar-refractivity contribution in [1.82, 2.24) is 5.01 Å². The van der Waals surface area contributed by atoms with Gasteiger partial charge in [0.15, 0.2) is 17.3 Å². The number of aromatic hydroxyl groups is 2. The normalized spacial score (nSPS) is 15.0. The summed E-state index contributed by atoms with van der Waals surface area (Å²) in [7, 11) is 1.46. The highest BCUT2D eigenvalue weighted by molar-refractivity contribution is 6.19. The highest BCUT2D eigenvalue weighted by atomic mass is 16.5. The van der Waals surface area contributed by atoms with Crippen molar-refractivity contribution in [3.05, 3.63) is 95.2 Å². The van der Waals surface area contributed by atoms with Gasteiger partial charge in [-0.15, -0.1) is 0 Å². The molecule has 0 saturated heterocycles. The number of nitrogens with zero attached hydrogens (tertiary/aromatic N) is 3. The molecule has 0 unspecified atom stereocenters. The van der Waals surface area contributed by atoms with E-state index in [1.165, 1.54) is 24.4 Å². The molecule has 31 heavy (non-hydrogen) atoms. The first-order chi connectivity index (χ1) is 15.0. The number of phenols is 2. The Bertz CT molecular complexity index is 1200. The largest absolute Gasteiger partial charge is 0.508 e. The van der Waals surface area contributed by atoms with E-state index in [-0.39, 0.29) is 23.1 Å². The van der Waals surface area contributed by atoms with Gasteiger partial charge in [0.2, 0.25) is 0 Å². The van der Waals surface area contributed by atoms with Crippen LogP contribution in [0, 0.1) is 0 Å². The minimum Gasteiger partial charge on any atom is -0.508 e. The van der Waals surface area contributed by atoms with E-state index in [4.69, 9.17) is 4.74 Å².